The van der Waals surface area contributed by atoms with Crippen molar-refractivity contribution in [1.29, 1.82) is 0 Å². The third-order valence-corrected chi connectivity index (χ3v) is 5.94. The predicted octanol–water partition coefficient (Wildman–Crippen LogP) is 6.00. The SMILES string of the molecule is O=C(Nc1nc(-c2ccccc2)c(-c2ccccc2)s1)C1CCCCC1. The van der Waals surface area contributed by atoms with Gasteiger partial charge in [-0.05, 0) is 18.4 Å². The smallest absolute Gasteiger partial charge is 0.229 e. The van der Waals surface area contributed by atoms with Crippen LogP contribution in [0.15, 0.2) is 60.7 Å². The van der Waals surface area contributed by atoms with Crippen LogP contribution in [0.2, 0.25) is 0 Å². The summed E-state index contributed by atoms with van der Waals surface area (Å²) in [4.78, 5) is 18.5. The van der Waals surface area contributed by atoms with Crippen LogP contribution in [0.25, 0.3) is 21.7 Å². The fraction of sp³-hybridized carbons (Fsp3) is 0.273. The fourth-order valence-electron chi connectivity index (χ4n) is 3.52. The second-order valence-electron chi connectivity index (χ2n) is 6.75. The number of nitrogens with one attached hydrogen (secondary N) is 1. The number of benzene rings is 2. The van der Waals surface area contributed by atoms with E-state index in [-0.39, 0.29) is 11.8 Å². The Bertz CT molecular complexity index is 811. The number of hydrogen-bond acceptors (Lipinski definition) is 3. The molecule has 1 N–H and O–H groups in total. The van der Waals surface area contributed by atoms with E-state index in [2.05, 4.69) is 29.6 Å². The molecule has 1 fully saturated rings. The van der Waals surface area contributed by atoms with Crippen LogP contribution in [0.1, 0.15) is 32.1 Å². The van der Waals surface area contributed by atoms with E-state index in [1.807, 2.05) is 36.4 Å². The molecule has 1 aromatic heterocycles. The molecule has 26 heavy (non-hydrogen) atoms. The van der Waals surface area contributed by atoms with Gasteiger partial charge >= 0.3 is 0 Å². The third kappa shape index (κ3) is 3.70. The maximum absolute atomic E-state index is 12.6. The summed E-state index contributed by atoms with van der Waals surface area (Å²) >= 11 is 1.56. The van der Waals surface area contributed by atoms with Crippen LogP contribution >= 0.6 is 11.3 Å². The summed E-state index contributed by atoms with van der Waals surface area (Å²) in [6.07, 6.45) is 5.54. The first-order chi connectivity index (χ1) is 12.8. The van der Waals surface area contributed by atoms with E-state index in [1.54, 1.807) is 11.3 Å². The average Bonchev–Trinajstić information content (AvgIpc) is 3.14. The molecule has 0 aliphatic heterocycles. The molecule has 0 atom stereocenters. The van der Waals surface area contributed by atoms with Crippen LogP contribution in [0.3, 0.4) is 0 Å². The molecule has 4 heteroatoms. The van der Waals surface area contributed by atoms with Crippen molar-refractivity contribution in [3.63, 3.8) is 0 Å². The normalized spacial score (nSPS) is 14.9. The van der Waals surface area contributed by atoms with Gasteiger partial charge in [0, 0.05) is 11.5 Å². The van der Waals surface area contributed by atoms with Gasteiger partial charge in [0.15, 0.2) is 5.13 Å². The molecular formula is C22H22N2OS. The summed E-state index contributed by atoms with van der Waals surface area (Å²) in [5.41, 5.74) is 3.13. The number of carbonyl (C=O) groups excluding carboxylic acids is 1. The predicted molar refractivity (Wildman–Crippen MR) is 108 cm³/mol. The van der Waals surface area contributed by atoms with E-state index in [4.69, 9.17) is 4.98 Å². The summed E-state index contributed by atoms with van der Waals surface area (Å²) in [5, 5.41) is 3.77. The van der Waals surface area contributed by atoms with Crippen LogP contribution in [0.5, 0.6) is 0 Å². The average molecular weight is 362 g/mol. The van der Waals surface area contributed by atoms with Gasteiger partial charge in [-0.3, -0.25) is 4.79 Å². The molecule has 1 amide bonds. The Balaban J connectivity index is 1.66. The molecule has 1 saturated carbocycles. The lowest BCUT2D eigenvalue weighted by molar-refractivity contribution is -0.120. The van der Waals surface area contributed by atoms with Crippen LogP contribution in [-0.4, -0.2) is 10.9 Å². The Morgan fingerprint density at radius 3 is 2.15 bits per heavy atom. The Morgan fingerprint density at radius 1 is 0.885 bits per heavy atom. The highest BCUT2D eigenvalue weighted by atomic mass is 32.1. The van der Waals surface area contributed by atoms with Gasteiger partial charge in [0.05, 0.1) is 10.6 Å². The zero-order valence-corrected chi connectivity index (χ0v) is 15.5. The highest BCUT2D eigenvalue weighted by molar-refractivity contribution is 7.19. The highest BCUT2D eigenvalue weighted by Crippen LogP contribution is 2.39. The monoisotopic (exact) mass is 362 g/mol. The molecule has 3 nitrogen and oxygen atoms in total. The number of nitrogens with zero attached hydrogens (tertiary/aromatic N) is 1. The van der Waals surface area contributed by atoms with E-state index < -0.39 is 0 Å². The Kier molecular flexibility index (Phi) is 5.12. The molecule has 1 aliphatic rings. The first-order valence-corrected chi connectivity index (χ1v) is 10.1. The van der Waals surface area contributed by atoms with Gasteiger partial charge < -0.3 is 5.32 Å². The Morgan fingerprint density at radius 2 is 1.50 bits per heavy atom. The number of amides is 1. The molecule has 3 aromatic rings. The number of hydrogen-bond donors (Lipinski definition) is 1. The van der Waals surface area contributed by atoms with Crippen molar-refractivity contribution in [2.45, 2.75) is 32.1 Å². The second-order valence-corrected chi connectivity index (χ2v) is 7.75. The minimum absolute atomic E-state index is 0.123. The number of anilines is 1. The van der Waals surface area contributed by atoms with Crippen molar-refractivity contribution < 1.29 is 4.79 Å². The fourth-order valence-corrected chi connectivity index (χ4v) is 4.52. The van der Waals surface area contributed by atoms with E-state index in [0.717, 1.165) is 47.4 Å². The molecule has 132 valence electrons. The van der Waals surface area contributed by atoms with Crippen LogP contribution in [0, 0.1) is 5.92 Å². The van der Waals surface area contributed by atoms with Gasteiger partial charge in [-0.2, -0.15) is 0 Å². The van der Waals surface area contributed by atoms with Gasteiger partial charge in [0.2, 0.25) is 5.91 Å². The second kappa shape index (κ2) is 7.83. The van der Waals surface area contributed by atoms with Gasteiger partial charge in [0.25, 0.3) is 0 Å². The van der Waals surface area contributed by atoms with Crippen molar-refractivity contribution >= 4 is 22.4 Å². The molecule has 0 unspecified atom stereocenters. The van der Waals surface area contributed by atoms with Gasteiger partial charge in [-0.15, -0.1) is 0 Å². The maximum Gasteiger partial charge on any atom is 0.229 e. The summed E-state index contributed by atoms with van der Waals surface area (Å²) in [5.74, 6) is 0.255. The summed E-state index contributed by atoms with van der Waals surface area (Å²) in [6, 6.07) is 20.4. The molecule has 1 aliphatic carbocycles. The van der Waals surface area contributed by atoms with Gasteiger partial charge in [-0.1, -0.05) is 91.3 Å². The lowest BCUT2D eigenvalue weighted by Gasteiger charge is -2.19. The molecule has 0 spiro atoms. The largest absolute Gasteiger partial charge is 0.302 e. The molecule has 2 aromatic carbocycles. The Labute approximate surface area is 158 Å². The number of thiazole rings is 1. The van der Waals surface area contributed by atoms with Gasteiger partial charge in [-0.25, -0.2) is 4.98 Å². The molecule has 1 heterocycles. The molecule has 0 radical (unpaired) electrons. The lowest BCUT2D eigenvalue weighted by atomic mass is 9.89. The van der Waals surface area contributed by atoms with Crippen LogP contribution in [-0.2, 0) is 4.79 Å². The zero-order chi connectivity index (χ0) is 17.8. The lowest BCUT2D eigenvalue weighted by Crippen LogP contribution is -2.24. The van der Waals surface area contributed by atoms with Crippen LogP contribution < -0.4 is 5.32 Å². The number of aromatic nitrogens is 1. The van der Waals surface area contributed by atoms with Crippen LogP contribution in [0.4, 0.5) is 5.13 Å². The Hall–Kier alpha value is -2.46. The van der Waals surface area contributed by atoms with E-state index in [1.165, 1.54) is 6.42 Å². The van der Waals surface area contributed by atoms with Crippen molar-refractivity contribution in [1.82, 2.24) is 4.98 Å². The van der Waals surface area contributed by atoms with E-state index in [9.17, 15) is 4.79 Å². The maximum atomic E-state index is 12.6. The zero-order valence-electron chi connectivity index (χ0n) is 14.7. The topological polar surface area (TPSA) is 42.0 Å². The molecule has 4 rings (SSSR count). The van der Waals surface area contributed by atoms with Crippen molar-refractivity contribution in [2.75, 3.05) is 5.32 Å². The van der Waals surface area contributed by atoms with E-state index >= 15 is 0 Å². The molecule has 0 saturated heterocycles. The van der Waals surface area contributed by atoms with Gasteiger partial charge in [0.1, 0.15) is 0 Å². The number of rotatable bonds is 4. The first kappa shape index (κ1) is 17.0. The number of carbonyl (C=O) groups is 1. The standard InChI is InChI=1S/C22H22N2OS/c25-21(18-14-8-3-9-15-18)24-22-23-19(16-10-4-1-5-11-16)20(26-22)17-12-6-2-7-13-17/h1-2,4-7,10-13,18H,3,8-9,14-15H2,(H,23,24,25). The molecule has 0 bridgehead atoms. The quantitative estimate of drug-likeness (QED) is 0.619. The van der Waals surface area contributed by atoms with Crippen molar-refractivity contribution in [3.8, 4) is 21.7 Å². The van der Waals surface area contributed by atoms with Crippen molar-refractivity contribution in [3.05, 3.63) is 60.7 Å². The summed E-state index contributed by atoms with van der Waals surface area (Å²) in [7, 11) is 0. The summed E-state index contributed by atoms with van der Waals surface area (Å²) in [6.45, 7) is 0. The third-order valence-electron chi connectivity index (χ3n) is 4.92. The highest BCUT2D eigenvalue weighted by Gasteiger charge is 2.23. The minimum Gasteiger partial charge on any atom is -0.302 e. The summed E-state index contributed by atoms with van der Waals surface area (Å²) < 4.78 is 0. The minimum atomic E-state index is 0.123. The molecular weight excluding hydrogens is 340 g/mol. The van der Waals surface area contributed by atoms with Crippen molar-refractivity contribution in [2.24, 2.45) is 5.92 Å². The van der Waals surface area contributed by atoms with E-state index in [0.29, 0.717) is 5.13 Å². The first-order valence-electron chi connectivity index (χ1n) is 9.24.